The summed E-state index contributed by atoms with van der Waals surface area (Å²) < 4.78 is 5.87. The first-order valence-electron chi connectivity index (χ1n) is 9.90. The largest absolute Gasteiger partial charge is 0.478 e. The van der Waals surface area contributed by atoms with E-state index in [2.05, 4.69) is 10.2 Å². The Morgan fingerprint density at radius 2 is 1.62 bits per heavy atom. The molecule has 32 heavy (non-hydrogen) atoms. The predicted octanol–water partition coefficient (Wildman–Crippen LogP) is 5.36. The Kier molecular flexibility index (Phi) is 4.76. The van der Waals surface area contributed by atoms with E-state index in [1.54, 1.807) is 18.2 Å². The molecule has 0 unspecified atom stereocenters. The number of fused-ring (bicyclic) bond motifs is 1. The number of carbonyl (C=O) groups is 1. The van der Waals surface area contributed by atoms with Crippen molar-refractivity contribution in [1.82, 2.24) is 15.2 Å². The fraction of sp³-hybridized carbons (Fsp3) is 0. The van der Waals surface area contributed by atoms with Gasteiger partial charge in [-0.05, 0) is 54.6 Å². The lowest BCUT2D eigenvalue weighted by atomic mass is 10.0. The van der Waals surface area contributed by atoms with Crippen LogP contribution in [-0.2, 0) is 0 Å². The molecule has 7 heteroatoms. The molecule has 4 N–H and O–H groups in total. The number of rotatable bonds is 5. The topological polar surface area (TPSA) is 114 Å². The average molecular weight is 422 g/mol. The van der Waals surface area contributed by atoms with E-state index < -0.39 is 5.97 Å². The number of benzene rings is 3. The molecule has 0 atom stereocenters. The number of aromatic carboxylic acids is 1. The Morgan fingerprint density at radius 3 is 2.38 bits per heavy atom. The number of nitrogen functional groups attached to an aromatic ring is 1. The second-order valence-corrected chi connectivity index (χ2v) is 7.21. The number of carboxylic acid groups (broad SMARTS) is 1. The first-order valence-corrected chi connectivity index (χ1v) is 9.90. The Labute approximate surface area is 183 Å². The third-order valence-corrected chi connectivity index (χ3v) is 5.08. The van der Waals surface area contributed by atoms with Crippen molar-refractivity contribution >= 4 is 22.7 Å². The van der Waals surface area contributed by atoms with E-state index in [0.29, 0.717) is 39.4 Å². The number of hydrogen-bond donors (Lipinski definition) is 3. The second-order valence-electron chi connectivity index (χ2n) is 7.21. The monoisotopic (exact) mass is 422 g/mol. The summed E-state index contributed by atoms with van der Waals surface area (Å²) in [5.74, 6) is 0.799. The number of nitrogens with zero attached hydrogens (tertiary/aromatic N) is 2. The lowest BCUT2D eigenvalue weighted by molar-refractivity contribution is 0.0697. The highest BCUT2D eigenvalue weighted by molar-refractivity contribution is 6.01. The summed E-state index contributed by atoms with van der Waals surface area (Å²) in [7, 11) is 0. The van der Waals surface area contributed by atoms with Gasteiger partial charge in [-0.2, -0.15) is 5.10 Å². The van der Waals surface area contributed by atoms with Gasteiger partial charge in [0.1, 0.15) is 11.5 Å². The molecule has 2 aromatic heterocycles. The normalized spacial score (nSPS) is 10.9. The number of pyridine rings is 1. The summed E-state index contributed by atoms with van der Waals surface area (Å²) in [6.07, 6.45) is 0. The van der Waals surface area contributed by atoms with Crippen molar-refractivity contribution in [3.05, 3.63) is 90.5 Å². The molecule has 0 bridgehead atoms. The molecular weight excluding hydrogens is 404 g/mol. The summed E-state index contributed by atoms with van der Waals surface area (Å²) in [5, 5.41) is 17.1. The van der Waals surface area contributed by atoms with Crippen LogP contribution in [0.2, 0.25) is 0 Å². The number of nitrogens with two attached hydrogens (primary N) is 1. The van der Waals surface area contributed by atoms with Gasteiger partial charge in [-0.15, -0.1) is 0 Å². The molecule has 0 amide bonds. The summed E-state index contributed by atoms with van der Waals surface area (Å²) in [5.41, 5.74) is 9.80. The Balaban J connectivity index is 1.58. The molecule has 3 aromatic carbocycles. The molecule has 0 saturated carbocycles. The summed E-state index contributed by atoms with van der Waals surface area (Å²) >= 11 is 0. The van der Waals surface area contributed by atoms with Gasteiger partial charge in [0.15, 0.2) is 5.82 Å². The molecule has 0 aliphatic heterocycles. The highest BCUT2D eigenvalue weighted by atomic mass is 16.5. The van der Waals surface area contributed by atoms with E-state index in [0.717, 1.165) is 11.3 Å². The number of nitrogens with one attached hydrogen (secondary N) is 1. The van der Waals surface area contributed by atoms with Gasteiger partial charge in [0.05, 0.1) is 27.9 Å². The molecule has 0 fully saturated rings. The molecule has 0 saturated heterocycles. The van der Waals surface area contributed by atoms with Crippen molar-refractivity contribution in [3.8, 4) is 34.0 Å². The van der Waals surface area contributed by atoms with Crippen molar-refractivity contribution in [3.63, 3.8) is 0 Å². The Bertz CT molecular complexity index is 1430. The van der Waals surface area contributed by atoms with E-state index in [1.807, 2.05) is 66.7 Å². The summed E-state index contributed by atoms with van der Waals surface area (Å²) in [6.45, 7) is 0. The van der Waals surface area contributed by atoms with Gasteiger partial charge in [0, 0.05) is 11.1 Å². The van der Waals surface area contributed by atoms with E-state index >= 15 is 0 Å². The smallest absolute Gasteiger partial charge is 0.335 e. The Morgan fingerprint density at radius 1 is 0.875 bits per heavy atom. The number of ether oxygens (including phenoxy) is 1. The quantitative estimate of drug-likeness (QED) is 0.351. The zero-order chi connectivity index (χ0) is 22.1. The van der Waals surface area contributed by atoms with Crippen LogP contribution < -0.4 is 10.5 Å². The fourth-order valence-corrected chi connectivity index (χ4v) is 3.54. The number of anilines is 1. The van der Waals surface area contributed by atoms with Crippen molar-refractivity contribution in [2.24, 2.45) is 0 Å². The van der Waals surface area contributed by atoms with E-state index in [9.17, 15) is 9.90 Å². The minimum atomic E-state index is -0.993. The van der Waals surface area contributed by atoms with Crippen molar-refractivity contribution < 1.29 is 14.6 Å². The zero-order valence-corrected chi connectivity index (χ0v) is 16.8. The average Bonchev–Trinajstić information content (AvgIpc) is 3.20. The molecule has 5 aromatic rings. The van der Waals surface area contributed by atoms with Crippen LogP contribution >= 0.6 is 0 Å². The highest BCUT2D eigenvalue weighted by Gasteiger charge is 2.16. The molecule has 156 valence electrons. The van der Waals surface area contributed by atoms with Gasteiger partial charge in [-0.25, -0.2) is 9.78 Å². The van der Waals surface area contributed by atoms with E-state index in [1.165, 1.54) is 0 Å². The standard InChI is InChI=1S/C25H18N4O3/c26-24-22-21(28-29-24)14-20(16-5-4-6-17(13-16)25(30)31)27-23(22)15-9-11-19(12-10-15)32-18-7-2-1-3-8-18/h1-14H,(H,30,31)(H3,26,28,29). The lowest BCUT2D eigenvalue weighted by Gasteiger charge is -2.10. The van der Waals surface area contributed by atoms with Crippen LogP contribution in [0, 0.1) is 0 Å². The van der Waals surface area contributed by atoms with Crippen LogP contribution in [0.25, 0.3) is 33.4 Å². The van der Waals surface area contributed by atoms with Crippen molar-refractivity contribution in [2.75, 3.05) is 5.73 Å². The number of para-hydroxylation sites is 1. The van der Waals surface area contributed by atoms with Crippen molar-refractivity contribution in [1.29, 1.82) is 0 Å². The predicted molar refractivity (Wildman–Crippen MR) is 123 cm³/mol. The minimum absolute atomic E-state index is 0.192. The van der Waals surface area contributed by atoms with Gasteiger partial charge in [-0.3, -0.25) is 5.10 Å². The van der Waals surface area contributed by atoms with Gasteiger partial charge in [0.25, 0.3) is 0 Å². The zero-order valence-electron chi connectivity index (χ0n) is 16.8. The first kappa shape index (κ1) is 19.3. The summed E-state index contributed by atoms with van der Waals surface area (Å²) in [6, 6.07) is 25.6. The molecule has 0 aliphatic carbocycles. The van der Waals surface area contributed by atoms with Gasteiger partial charge >= 0.3 is 5.97 Å². The molecular formula is C25H18N4O3. The van der Waals surface area contributed by atoms with Crippen LogP contribution in [0.4, 0.5) is 5.82 Å². The van der Waals surface area contributed by atoms with Crippen LogP contribution in [0.3, 0.4) is 0 Å². The molecule has 7 nitrogen and oxygen atoms in total. The maximum absolute atomic E-state index is 11.4. The summed E-state index contributed by atoms with van der Waals surface area (Å²) in [4.78, 5) is 16.2. The third-order valence-electron chi connectivity index (χ3n) is 5.08. The minimum Gasteiger partial charge on any atom is -0.478 e. The fourth-order valence-electron chi connectivity index (χ4n) is 3.54. The van der Waals surface area contributed by atoms with E-state index in [-0.39, 0.29) is 5.56 Å². The molecule has 2 heterocycles. The number of aromatic amines is 1. The first-order chi connectivity index (χ1) is 15.6. The number of carboxylic acids is 1. The van der Waals surface area contributed by atoms with Gasteiger partial charge < -0.3 is 15.6 Å². The van der Waals surface area contributed by atoms with Crippen LogP contribution in [0.5, 0.6) is 11.5 Å². The highest BCUT2D eigenvalue weighted by Crippen LogP contribution is 2.34. The third kappa shape index (κ3) is 3.63. The molecule has 0 radical (unpaired) electrons. The lowest BCUT2D eigenvalue weighted by Crippen LogP contribution is -1.97. The van der Waals surface area contributed by atoms with Crippen LogP contribution in [0.1, 0.15) is 10.4 Å². The number of aromatic nitrogens is 3. The molecule has 0 spiro atoms. The number of H-pyrrole nitrogens is 1. The maximum Gasteiger partial charge on any atom is 0.335 e. The SMILES string of the molecule is Nc1n[nH]c2cc(-c3cccc(C(=O)O)c3)nc(-c3ccc(Oc4ccccc4)cc3)c12. The Hall–Kier alpha value is -4.65. The number of hydrogen-bond acceptors (Lipinski definition) is 5. The van der Waals surface area contributed by atoms with Crippen LogP contribution in [-0.4, -0.2) is 26.3 Å². The van der Waals surface area contributed by atoms with E-state index in [4.69, 9.17) is 15.5 Å². The molecule has 0 aliphatic rings. The van der Waals surface area contributed by atoms with Crippen LogP contribution in [0.15, 0.2) is 84.9 Å². The second kappa shape index (κ2) is 7.88. The van der Waals surface area contributed by atoms with Gasteiger partial charge in [-0.1, -0.05) is 30.3 Å². The van der Waals surface area contributed by atoms with Crippen molar-refractivity contribution in [2.45, 2.75) is 0 Å². The maximum atomic E-state index is 11.4. The van der Waals surface area contributed by atoms with Gasteiger partial charge in [0.2, 0.25) is 0 Å². The molecule has 5 rings (SSSR count).